The van der Waals surface area contributed by atoms with Crippen LogP contribution in [0.25, 0.3) is 0 Å². The predicted octanol–water partition coefficient (Wildman–Crippen LogP) is 0.525. The van der Waals surface area contributed by atoms with Gasteiger partial charge in [-0.05, 0) is 18.2 Å². The molecule has 0 radical (unpaired) electrons. The standard InChI is InChI=1S/C17H21N5O4S/c1-13(23)21-8-10-22(11-9-21)27(25,26)15-5-3-4-14(12-15)17(24)18-16-6-7-20(2)19-16/h3-7,12H,8-11H2,1-2H3,(H,18,19,24). The van der Waals surface area contributed by atoms with Crippen molar-refractivity contribution in [3.05, 3.63) is 42.1 Å². The molecule has 2 heterocycles. The maximum Gasteiger partial charge on any atom is 0.256 e. The summed E-state index contributed by atoms with van der Waals surface area (Å²) in [6, 6.07) is 7.54. The molecule has 0 atom stereocenters. The zero-order valence-corrected chi connectivity index (χ0v) is 15.9. The maximum absolute atomic E-state index is 12.9. The Bertz CT molecular complexity index is 961. The van der Waals surface area contributed by atoms with Gasteiger partial charge in [0.2, 0.25) is 15.9 Å². The third-order valence-electron chi connectivity index (χ3n) is 4.37. The molecule has 9 nitrogen and oxygen atoms in total. The second kappa shape index (κ2) is 7.49. The number of sulfonamides is 1. The highest BCUT2D eigenvalue weighted by Crippen LogP contribution is 2.19. The molecule has 0 unspecified atom stereocenters. The van der Waals surface area contributed by atoms with E-state index in [9.17, 15) is 18.0 Å². The van der Waals surface area contributed by atoms with Gasteiger partial charge in [-0.15, -0.1) is 0 Å². The second-order valence-corrected chi connectivity index (χ2v) is 8.20. The van der Waals surface area contributed by atoms with Crippen LogP contribution in [0, 0.1) is 0 Å². The lowest BCUT2D eigenvalue weighted by molar-refractivity contribution is -0.129. The van der Waals surface area contributed by atoms with E-state index in [4.69, 9.17) is 0 Å². The molecular weight excluding hydrogens is 370 g/mol. The molecule has 1 aliphatic heterocycles. The minimum absolute atomic E-state index is 0.0486. The first-order valence-corrected chi connectivity index (χ1v) is 9.88. The molecule has 27 heavy (non-hydrogen) atoms. The topological polar surface area (TPSA) is 105 Å². The van der Waals surface area contributed by atoms with Crippen molar-refractivity contribution in [3.8, 4) is 0 Å². The number of nitrogens with zero attached hydrogens (tertiary/aromatic N) is 4. The van der Waals surface area contributed by atoms with Gasteiger partial charge < -0.3 is 10.2 Å². The van der Waals surface area contributed by atoms with Crippen LogP contribution in [-0.2, 0) is 21.9 Å². The number of carbonyl (C=O) groups is 2. The molecule has 1 aromatic heterocycles. The highest BCUT2D eigenvalue weighted by molar-refractivity contribution is 7.89. The molecule has 10 heteroatoms. The number of hydrogen-bond donors (Lipinski definition) is 1. The SMILES string of the molecule is CC(=O)N1CCN(S(=O)(=O)c2cccc(C(=O)Nc3ccn(C)n3)c2)CC1. The molecule has 0 aliphatic carbocycles. The number of hydrogen-bond acceptors (Lipinski definition) is 5. The monoisotopic (exact) mass is 391 g/mol. The molecule has 1 aromatic carbocycles. The van der Waals surface area contributed by atoms with Gasteiger partial charge in [0.1, 0.15) is 0 Å². The fraction of sp³-hybridized carbons (Fsp3) is 0.353. The van der Waals surface area contributed by atoms with Crippen molar-refractivity contribution in [2.24, 2.45) is 7.05 Å². The van der Waals surface area contributed by atoms with Gasteiger partial charge in [0, 0.05) is 58.0 Å². The molecular formula is C17H21N5O4S. The lowest BCUT2D eigenvalue weighted by Crippen LogP contribution is -2.49. The van der Waals surface area contributed by atoms with E-state index in [2.05, 4.69) is 10.4 Å². The van der Waals surface area contributed by atoms with Gasteiger partial charge in [0.25, 0.3) is 5.91 Å². The van der Waals surface area contributed by atoms with Gasteiger partial charge in [-0.3, -0.25) is 14.3 Å². The van der Waals surface area contributed by atoms with Gasteiger partial charge in [-0.2, -0.15) is 9.40 Å². The van der Waals surface area contributed by atoms with Crippen molar-refractivity contribution in [3.63, 3.8) is 0 Å². The fourth-order valence-corrected chi connectivity index (χ4v) is 4.33. The highest BCUT2D eigenvalue weighted by atomic mass is 32.2. The fourth-order valence-electron chi connectivity index (χ4n) is 2.86. The van der Waals surface area contributed by atoms with Crippen LogP contribution < -0.4 is 5.32 Å². The van der Waals surface area contributed by atoms with Crippen molar-refractivity contribution in [1.29, 1.82) is 0 Å². The number of benzene rings is 1. The van der Waals surface area contributed by atoms with Gasteiger partial charge in [-0.25, -0.2) is 8.42 Å². The number of carbonyl (C=O) groups excluding carboxylic acids is 2. The van der Waals surface area contributed by atoms with E-state index in [0.717, 1.165) is 0 Å². The first-order chi connectivity index (χ1) is 12.8. The third kappa shape index (κ3) is 4.17. The molecule has 2 amide bonds. The number of nitrogens with one attached hydrogen (secondary N) is 1. The molecule has 1 N–H and O–H groups in total. The van der Waals surface area contributed by atoms with E-state index in [0.29, 0.717) is 18.9 Å². The molecule has 1 saturated heterocycles. The minimum atomic E-state index is -3.74. The summed E-state index contributed by atoms with van der Waals surface area (Å²) in [4.78, 5) is 25.4. The van der Waals surface area contributed by atoms with Crippen LogP contribution in [0.4, 0.5) is 5.82 Å². The van der Waals surface area contributed by atoms with Crippen molar-refractivity contribution in [2.45, 2.75) is 11.8 Å². The Morgan fingerprint density at radius 1 is 1.11 bits per heavy atom. The largest absolute Gasteiger partial charge is 0.340 e. The minimum Gasteiger partial charge on any atom is -0.340 e. The van der Waals surface area contributed by atoms with Crippen LogP contribution in [-0.4, -0.2) is 65.4 Å². The molecule has 144 valence electrons. The summed E-state index contributed by atoms with van der Waals surface area (Å²) in [5.74, 6) is -0.122. The van der Waals surface area contributed by atoms with Gasteiger partial charge >= 0.3 is 0 Å². The Balaban J connectivity index is 1.76. The quantitative estimate of drug-likeness (QED) is 0.818. The van der Waals surface area contributed by atoms with Crippen LogP contribution in [0.2, 0.25) is 0 Å². The number of aryl methyl sites for hydroxylation is 1. The smallest absolute Gasteiger partial charge is 0.256 e. The second-order valence-electron chi connectivity index (χ2n) is 6.27. The summed E-state index contributed by atoms with van der Waals surface area (Å²) in [5.41, 5.74) is 0.226. The van der Waals surface area contributed by atoms with Crippen LogP contribution in [0.5, 0.6) is 0 Å². The van der Waals surface area contributed by atoms with Crippen LogP contribution in [0.15, 0.2) is 41.4 Å². The lowest BCUT2D eigenvalue weighted by Gasteiger charge is -2.33. The average Bonchev–Trinajstić information content (AvgIpc) is 3.06. The normalized spacial score (nSPS) is 15.6. The first-order valence-electron chi connectivity index (χ1n) is 8.44. The van der Waals surface area contributed by atoms with Crippen LogP contribution >= 0.6 is 0 Å². The molecule has 2 aromatic rings. The molecule has 1 aliphatic rings. The van der Waals surface area contributed by atoms with Crippen molar-refractivity contribution in [2.75, 3.05) is 31.5 Å². The van der Waals surface area contributed by atoms with E-state index in [1.54, 1.807) is 35.0 Å². The molecule has 1 fully saturated rings. The highest BCUT2D eigenvalue weighted by Gasteiger charge is 2.29. The third-order valence-corrected chi connectivity index (χ3v) is 6.27. The van der Waals surface area contributed by atoms with E-state index >= 15 is 0 Å². The Hall–Kier alpha value is -2.72. The van der Waals surface area contributed by atoms with Crippen molar-refractivity contribution in [1.82, 2.24) is 19.0 Å². The molecule has 0 bridgehead atoms. The van der Waals surface area contributed by atoms with Gasteiger partial charge in [0.05, 0.1) is 4.90 Å². The van der Waals surface area contributed by atoms with Crippen molar-refractivity contribution >= 4 is 27.7 Å². The van der Waals surface area contributed by atoms with E-state index < -0.39 is 15.9 Å². The Labute approximate surface area is 157 Å². The first kappa shape index (κ1) is 19.1. The zero-order chi connectivity index (χ0) is 19.6. The maximum atomic E-state index is 12.9. The molecule has 0 saturated carbocycles. The van der Waals surface area contributed by atoms with Crippen LogP contribution in [0.1, 0.15) is 17.3 Å². The zero-order valence-electron chi connectivity index (χ0n) is 15.1. The summed E-state index contributed by atoms with van der Waals surface area (Å²) >= 11 is 0. The van der Waals surface area contributed by atoms with Gasteiger partial charge in [-0.1, -0.05) is 6.07 Å². The molecule has 3 rings (SSSR count). The number of amides is 2. The Kier molecular flexibility index (Phi) is 5.29. The van der Waals surface area contributed by atoms with E-state index in [1.807, 2.05) is 0 Å². The number of aromatic nitrogens is 2. The Morgan fingerprint density at radius 2 is 1.81 bits per heavy atom. The van der Waals surface area contributed by atoms with Crippen molar-refractivity contribution < 1.29 is 18.0 Å². The molecule has 0 spiro atoms. The average molecular weight is 391 g/mol. The Morgan fingerprint density at radius 3 is 2.41 bits per heavy atom. The lowest BCUT2D eigenvalue weighted by atomic mass is 10.2. The summed E-state index contributed by atoms with van der Waals surface area (Å²) in [6.07, 6.45) is 1.69. The van der Waals surface area contributed by atoms with Crippen LogP contribution in [0.3, 0.4) is 0 Å². The number of piperazine rings is 1. The predicted molar refractivity (Wildman–Crippen MR) is 98.6 cm³/mol. The number of anilines is 1. The summed E-state index contributed by atoms with van der Waals surface area (Å²) in [7, 11) is -2.01. The summed E-state index contributed by atoms with van der Waals surface area (Å²) in [6.45, 7) is 2.63. The summed E-state index contributed by atoms with van der Waals surface area (Å²) < 4.78 is 28.6. The van der Waals surface area contributed by atoms with E-state index in [-0.39, 0.29) is 29.5 Å². The van der Waals surface area contributed by atoms with Gasteiger partial charge in [0.15, 0.2) is 5.82 Å². The van der Waals surface area contributed by atoms with E-state index in [1.165, 1.54) is 29.4 Å². The summed E-state index contributed by atoms with van der Waals surface area (Å²) in [5, 5.41) is 6.70. The number of rotatable bonds is 4.